The average Bonchev–Trinajstić information content (AvgIpc) is 2.67. The van der Waals surface area contributed by atoms with Gasteiger partial charge in [-0.15, -0.1) is 12.4 Å². The van der Waals surface area contributed by atoms with Gasteiger partial charge in [0.1, 0.15) is 0 Å². The van der Waals surface area contributed by atoms with Crippen LogP contribution in [-0.4, -0.2) is 29.5 Å². The van der Waals surface area contributed by atoms with Crippen LogP contribution in [0.2, 0.25) is 0 Å². The van der Waals surface area contributed by atoms with Crippen molar-refractivity contribution in [3.05, 3.63) is 35.5 Å². The third kappa shape index (κ3) is 1.96. The van der Waals surface area contributed by atoms with Crippen LogP contribution in [0.5, 0.6) is 0 Å². The molecule has 2 aromatic rings. The molecule has 0 fully saturated rings. The fourth-order valence-corrected chi connectivity index (χ4v) is 2.35. The Morgan fingerprint density at radius 1 is 1.39 bits per heavy atom. The molecule has 5 nitrogen and oxygen atoms in total. The lowest BCUT2D eigenvalue weighted by Gasteiger charge is -2.10. The zero-order chi connectivity index (χ0) is 11.1. The summed E-state index contributed by atoms with van der Waals surface area (Å²) in [6.07, 6.45) is 1.96. The summed E-state index contributed by atoms with van der Waals surface area (Å²) in [6, 6.07) is 5.72. The van der Waals surface area contributed by atoms with E-state index in [4.69, 9.17) is 5.73 Å². The third-order valence-electron chi connectivity index (χ3n) is 3.21. The molecule has 0 saturated carbocycles. The molecule has 2 heterocycles. The zero-order valence-corrected chi connectivity index (χ0v) is 10.5. The molecule has 0 spiro atoms. The Kier molecular flexibility index (Phi) is 4.34. The summed E-state index contributed by atoms with van der Waals surface area (Å²) in [5.74, 6) is 0.184. The van der Waals surface area contributed by atoms with Crippen LogP contribution in [0, 0.1) is 0 Å². The number of halogens is 1. The number of hydrogen-bond acceptors (Lipinski definition) is 2. The van der Waals surface area contributed by atoms with Gasteiger partial charge in [-0.25, -0.2) is 0 Å². The molecule has 1 aliphatic heterocycles. The maximum Gasteiger partial charge on any atom is 0.251 e. The molecular formula is C12H16ClN3O2. The van der Waals surface area contributed by atoms with Crippen LogP contribution >= 0.6 is 12.4 Å². The van der Waals surface area contributed by atoms with Crippen LogP contribution in [0.1, 0.15) is 21.8 Å². The number of amides is 1. The normalized spacial score (nSPS) is 17.4. The second-order valence-electron chi connectivity index (χ2n) is 4.11. The number of aromatic amines is 1. The van der Waals surface area contributed by atoms with Crippen molar-refractivity contribution in [3.8, 4) is 0 Å². The van der Waals surface area contributed by atoms with Gasteiger partial charge < -0.3 is 21.5 Å². The topological polar surface area (TPSA) is 102 Å². The summed E-state index contributed by atoms with van der Waals surface area (Å²) < 4.78 is 0. The summed E-state index contributed by atoms with van der Waals surface area (Å²) >= 11 is 0. The lowest BCUT2D eigenvalue weighted by atomic mass is 9.98. The highest BCUT2D eigenvalue weighted by Crippen LogP contribution is 2.30. The van der Waals surface area contributed by atoms with Gasteiger partial charge in [0.05, 0.1) is 0 Å². The molecule has 0 radical (unpaired) electrons. The van der Waals surface area contributed by atoms with E-state index in [0.29, 0.717) is 13.1 Å². The van der Waals surface area contributed by atoms with E-state index in [2.05, 4.69) is 10.3 Å². The number of aromatic nitrogens is 1. The molecule has 0 aliphatic carbocycles. The molecule has 6 heteroatoms. The Labute approximate surface area is 110 Å². The van der Waals surface area contributed by atoms with Crippen molar-refractivity contribution in [1.29, 1.82) is 0 Å². The van der Waals surface area contributed by atoms with E-state index in [1.165, 1.54) is 0 Å². The highest BCUT2D eigenvalue weighted by molar-refractivity contribution is 6.08. The van der Waals surface area contributed by atoms with Crippen LogP contribution in [0.4, 0.5) is 0 Å². The van der Waals surface area contributed by atoms with Crippen molar-refractivity contribution in [3.63, 3.8) is 0 Å². The Morgan fingerprint density at radius 3 is 2.89 bits per heavy atom. The molecule has 3 rings (SSSR count). The summed E-state index contributed by atoms with van der Waals surface area (Å²) in [4.78, 5) is 15.1. The van der Waals surface area contributed by atoms with Crippen molar-refractivity contribution in [2.75, 3.05) is 13.1 Å². The molecule has 98 valence electrons. The first-order chi connectivity index (χ1) is 7.81. The lowest BCUT2D eigenvalue weighted by Crippen LogP contribution is -2.29. The van der Waals surface area contributed by atoms with Crippen LogP contribution in [0.3, 0.4) is 0 Å². The van der Waals surface area contributed by atoms with Gasteiger partial charge in [-0.3, -0.25) is 4.79 Å². The van der Waals surface area contributed by atoms with Gasteiger partial charge in [-0.2, -0.15) is 0 Å². The van der Waals surface area contributed by atoms with E-state index in [9.17, 15) is 4.79 Å². The predicted molar refractivity (Wildman–Crippen MR) is 73.3 cm³/mol. The van der Waals surface area contributed by atoms with Crippen LogP contribution in [0.25, 0.3) is 10.9 Å². The average molecular weight is 270 g/mol. The fourth-order valence-electron chi connectivity index (χ4n) is 2.35. The van der Waals surface area contributed by atoms with E-state index in [1.54, 1.807) is 0 Å². The first-order valence-corrected chi connectivity index (χ1v) is 5.39. The number of nitrogens with one attached hydrogen (secondary N) is 2. The standard InChI is InChI=1S/C12H13N3O.ClH.H2O/c13-4-7-5-15-12(16)8-2-1-3-10-11(8)9(7)6-14-10;;/h1-3,6-7,14H,4-5,13H2,(H,15,16);1H;1H2. The quantitative estimate of drug-likeness (QED) is 0.704. The molecule has 1 aliphatic rings. The number of carbonyl (C=O) groups is 1. The van der Waals surface area contributed by atoms with E-state index in [0.717, 1.165) is 22.0 Å². The highest BCUT2D eigenvalue weighted by Gasteiger charge is 2.23. The zero-order valence-electron chi connectivity index (χ0n) is 9.69. The predicted octanol–water partition coefficient (Wildman–Crippen LogP) is 0.551. The third-order valence-corrected chi connectivity index (χ3v) is 3.21. The van der Waals surface area contributed by atoms with Crippen molar-refractivity contribution < 1.29 is 10.3 Å². The van der Waals surface area contributed by atoms with Gasteiger partial charge >= 0.3 is 0 Å². The maximum absolute atomic E-state index is 11.9. The van der Waals surface area contributed by atoms with Gasteiger partial charge in [0.2, 0.25) is 0 Å². The van der Waals surface area contributed by atoms with E-state index < -0.39 is 0 Å². The van der Waals surface area contributed by atoms with Gasteiger partial charge in [-0.05, 0) is 17.7 Å². The van der Waals surface area contributed by atoms with Crippen LogP contribution < -0.4 is 11.1 Å². The number of H-pyrrole nitrogens is 1. The molecule has 0 saturated heterocycles. The number of benzene rings is 1. The van der Waals surface area contributed by atoms with Crippen LogP contribution in [0.15, 0.2) is 24.4 Å². The number of carbonyl (C=O) groups excluding carboxylic acids is 1. The molecule has 1 aromatic heterocycles. The number of rotatable bonds is 1. The molecule has 18 heavy (non-hydrogen) atoms. The summed E-state index contributed by atoms with van der Waals surface area (Å²) in [7, 11) is 0. The van der Waals surface area contributed by atoms with Gasteiger partial charge in [0.15, 0.2) is 0 Å². The first kappa shape index (κ1) is 14.5. The van der Waals surface area contributed by atoms with Crippen LogP contribution in [-0.2, 0) is 0 Å². The van der Waals surface area contributed by atoms with Crippen molar-refractivity contribution in [1.82, 2.24) is 10.3 Å². The van der Waals surface area contributed by atoms with E-state index >= 15 is 0 Å². The Bertz CT molecular complexity index is 567. The van der Waals surface area contributed by atoms with Gasteiger partial charge in [0.25, 0.3) is 5.91 Å². The maximum atomic E-state index is 11.9. The van der Waals surface area contributed by atoms with Gasteiger partial charge in [0, 0.05) is 41.7 Å². The van der Waals surface area contributed by atoms with Crippen molar-refractivity contribution >= 4 is 29.2 Å². The minimum atomic E-state index is -0.0117. The van der Waals surface area contributed by atoms with Gasteiger partial charge in [-0.1, -0.05) is 6.07 Å². The Balaban J connectivity index is 0.000000810. The molecular weight excluding hydrogens is 254 g/mol. The Morgan fingerprint density at radius 2 is 2.17 bits per heavy atom. The van der Waals surface area contributed by atoms with E-state index in [-0.39, 0.29) is 29.7 Å². The van der Waals surface area contributed by atoms with Crippen molar-refractivity contribution in [2.24, 2.45) is 5.73 Å². The monoisotopic (exact) mass is 269 g/mol. The number of nitrogens with two attached hydrogens (primary N) is 1. The summed E-state index contributed by atoms with van der Waals surface area (Å²) in [5.41, 5.74) is 8.63. The second-order valence-corrected chi connectivity index (χ2v) is 4.11. The molecule has 0 bridgehead atoms. The minimum Gasteiger partial charge on any atom is -0.412 e. The highest BCUT2D eigenvalue weighted by atomic mass is 35.5. The molecule has 6 N–H and O–H groups in total. The van der Waals surface area contributed by atoms with E-state index in [1.807, 2.05) is 24.4 Å². The molecule has 1 unspecified atom stereocenters. The smallest absolute Gasteiger partial charge is 0.251 e. The summed E-state index contributed by atoms with van der Waals surface area (Å²) in [6.45, 7) is 1.15. The summed E-state index contributed by atoms with van der Waals surface area (Å²) in [5, 5.41) is 3.93. The second kappa shape index (κ2) is 5.39. The largest absolute Gasteiger partial charge is 0.412 e. The fraction of sp³-hybridized carbons (Fsp3) is 0.250. The molecule has 1 amide bonds. The number of hydrogen-bond donors (Lipinski definition) is 3. The molecule has 1 atom stereocenters. The Hall–Kier alpha value is -1.56. The minimum absolute atomic E-state index is 0. The van der Waals surface area contributed by atoms with Crippen molar-refractivity contribution in [2.45, 2.75) is 5.92 Å². The SMILES string of the molecule is Cl.NCC1CNC(=O)c2cccc3[nH]cc1c23.O. The molecule has 1 aromatic carbocycles. The first-order valence-electron chi connectivity index (χ1n) is 5.39. The lowest BCUT2D eigenvalue weighted by molar-refractivity contribution is 0.0955.